The van der Waals surface area contributed by atoms with Gasteiger partial charge in [-0.1, -0.05) is 0 Å². The molecule has 18 heavy (non-hydrogen) atoms. The quantitative estimate of drug-likeness (QED) is 0.595. The maximum atomic E-state index is 4.42. The number of thiol groups is 1. The first kappa shape index (κ1) is 13.6. The van der Waals surface area contributed by atoms with E-state index in [9.17, 15) is 0 Å². The molecule has 2 aliphatic rings. The normalized spacial score (nSPS) is 20.4. The number of hydrogen-bond acceptors (Lipinski definition) is 3. The molecule has 1 aromatic heterocycles. The van der Waals surface area contributed by atoms with E-state index in [0.29, 0.717) is 0 Å². The maximum absolute atomic E-state index is 4.42. The Kier molecular flexibility index (Phi) is 4.12. The van der Waals surface area contributed by atoms with E-state index in [0.717, 1.165) is 27.7 Å². The molecule has 5 heteroatoms. The average Bonchev–Trinajstić information content (AvgIpc) is 3.01. The van der Waals surface area contributed by atoms with Crippen molar-refractivity contribution in [3.05, 3.63) is 53.5 Å². The molecule has 0 unspecified atom stereocenters. The van der Waals surface area contributed by atoms with Crippen molar-refractivity contribution in [2.75, 3.05) is 0 Å². The fourth-order valence-corrected chi connectivity index (χ4v) is 2.13. The van der Waals surface area contributed by atoms with Crippen LogP contribution in [-0.2, 0) is 7.05 Å². The Morgan fingerprint density at radius 1 is 1.22 bits per heavy atom. The van der Waals surface area contributed by atoms with Crippen molar-refractivity contribution in [2.24, 2.45) is 17.0 Å². The Morgan fingerprint density at radius 2 is 2.06 bits per heavy atom. The first-order chi connectivity index (χ1) is 8.27. The summed E-state index contributed by atoms with van der Waals surface area (Å²) < 4.78 is 2.01. The summed E-state index contributed by atoms with van der Waals surface area (Å²) in [5.41, 5.74) is 4.02. The predicted molar refractivity (Wildman–Crippen MR) is 78.8 cm³/mol. The SMILES string of the molecule is Cn1c(S)ccc1C1=NC=CC1=C1C=CC=N1.[Na]. The molecule has 1 radical (unpaired) electrons. The van der Waals surface area contributed by atoms with Crippen molar-refractivity contribution in [2.45, 2.75) is 5.03 Å². The van der Waals surface area contributed by atoms with E-state index in [1.807, 2.05) is 48.2 Å². The topological polar surface area (TPSA) is 29.6 Å². The van der Waals surface area contributed by atoms with Gasteiger partial charge < -0.3 is 4.57 Å². The largest absolute Gasteiger partial charge is 0.338 e. The molecule has 0 aromatic carbocycles. The zero-order chi connectivity index (χ0) is 11.8. The predicted octanol–water partition coefficient (Wildman–Crippen LogP) is 2.14. The van der Waals surface area contributed by atoms with Crippen LogP contribution in [0, 0.1) is 0 Å². The van der Waals surface area contributed by atoms with E-state index in [-0.39, 0.29) is 29.6 Å². The zero-order valence-electron chi connectivity index (χ0n) is 10.3. The Hall–Kier alpha value is -0.810. The molecule has 85 valence electrons. The summed E-state index contributed by atoms with van der Waals surface area (Å²) in [4.78, 5) is 8.73. The second-order valence-electron chi connectivity index (χ2n) is 3.87. The summed E-state index contributed by atoms with van der Waals surface area (Å²) in [5, 5.41) is 0.921. The van der Waals surface area contributed by atoms with Crippen LogP contribution in [0.5, 0.6) is 0 Å². The minimum Gasteiger partial charge on any atom is -0.338 e. The summed E-state index contributed by atoms with van der Waals surface area (Å²) in [6.45, 7) is 0. The molecular formula is C13H11N3NaS. The van der Waals surface area contributed by atoms with Gasteiger partial charge in [-0.05, 0) is 30.4 Å². The molecule has 0 bridgehead atoms. The summed E-state index contributed by atoms with van der Waals surface area (Å²) in [6.07, 6.45) is 9.51. The molecule has 3 rings (SSSR count). The van der Waals surface area contributed by atoms with Crippen LogP contribution in [0.4, 0.5) is 0 Å². The summed E-state index contributed by atoms with van der Waals surface area (Å²) >= 11 is 4.38. The van der Waals surface area contributed by atoms with Gasteiger partial charge >= 0.3 is 0 Å². The Balaban J connectivity index is 0.00000120. The number of rotatable bonds is 1. The number of aliphatic imine (C=N–C) groups is 2. The molecule has 0 fully saturated rings. The van der Waals surface area contributed by atoms with Crippen molar-refractivity contribution in [1.82, 2.24) is 4.57 Å². The van der Waals surface area contributed by atoms with Crippen LogP contribution in [0.3, 0.4) is 0 Å². The second-order valence-corrected chi connectivity index (χ2v) is 4.32. The van der Waals surface area contributed by atoms with Crippen molar-refractivity contribution in [1.29, 1.82) is 0 Å². The monoisotopic (exact) mass is 264 g/mol. The Morgan fingerprint density at radius 3 is 2.67 bits per heavy atom. The number of allylic oxidation sites excluding steroid dienone is 4. The first-order valence-corrected chi connectivity index (χ1v) is 5.77. The molecule has 0 atom stereocenters. The van der Waals surface area contributed by atoms with Gasteiger partial charge in [-0.2, -0.15) is 0 Å². The molecule has 0 amide bonds. The van der Waals surface area contributed by atoms with Crippen LogP contribution in [0.2, 0.25) is 0 Å². The van der Waals surface area contributed by atoms with E-state index in [1.54, 1.807) is 6.21 Å². The average molecular weight is 264 g/mol. The maximum Gasteiger partial charge on any atom is 0.0961 e. The minimum atomic E-state index is 0. The third kappa shape index (κ3) is 2.21. The van der Waals surface area contributed by atoms with Gasteiger partial charge in [-0.15, -0.1) is 12.6 Å². The molecule has 0 N–H and O–H groups in total. The fourth-order valence-electron chi connectivity index (χ4n) is 1.94. The van der Waals surface area contributed by atoms with E-state index >= 15 is 0 Å². The summed E-state index contributed by atoms with van der Waals surface area (Å²) in [7, 11) is 1.98. The van der Waals surface area contributed by atoms with Gasteiger partial charge in [0.2, 0.25) is 0 Å². The van der Waals surface area contributed by atoms with Gasteiger partial charge in [0.05, 0.1) is 22.1 Å². The van der Waals surface area contributed by atoms with Crippen LogP contribution in [0.15, 0.2) is 62.8 Å². The molecule has 0 spiro atoms. The van der Waals surface area contributed by atoms with Crippen LogP contribution < -0.4 is 0 Å². The zero-order valence-corrected chi connectivity index (χ0v) is 13.2. The number of hydrogen-bond donors (Lipinski definition) is 1. The Bertz CT molecular complexity index is 619. The molecule has 2 aliphatic heterocycles. The third-order valence-electron chi connectivity index (χ3n) is 2.87. The van der Waals surface area contributed by atoms with E-state index in [4.69, 9.17) is 0 Å². The number of aromatic nitrogens is 1. The smallest absolute Gasteiger partial charge is 0.0961 e. The first-order valence-electron chi connectivity index (χ1n) is 5.32. The molecule has 3 nitrogen and oxygen atoms in total. The van der Waals surface area contributed by atoms with Gasteiger partial charge in [0.15, 0.2) is 0 Å². The van der Waals surface area contributed by atoms with E-state index < -0.39 is 0 Å². The van der Waals surface area contributed by atoms with Crippen molar-refractivity contribution in [3.8, 4) is 0 Å². The van der Waals surface area contributed by atoms with Gasteiger partial charge in [0.1, 0.15) is 0 Å². The molecule has 1 aromatic rings. The molecule has 0 saturated heterocycles. The van der Waals surface area contributed by atoms with E-state index in [2.05, 4.69) is 22.6 Å². The molecule has 0 saturated carbocycles. The molecule has 3 heterocycles. The van der Waals surface area contributed by atoms with Crippen LogP contribution in [0.25, 0.3) is 0 Å². The summed E-state index contributed by atoms with van der Waals surface area (Å²) in [6, 6.07) is 3.99. The van der Waals surface area contributed by atoms with E-state index in [1.165, 1.54) is 0 Å². The molecule has 0 aliphatic carbocycles. The van der Waals surface area contributed by atoms with Gasteiger partial charge in [0, 0.05) is 54.6 Å². The summed E-state index contributed by atoms with van der Waals surface area (Å²) in [5.74, 6) is 0. The number of nitrogens with zero attached hydrogens (tertiary/aromatic N) is 3. The third-order valence-corrected chi connectivity index (χ3v) is 3.32. The van der Waals surface area contributed by atoms with Crippen molar-refractivity contribution < 1.29 is 0 Å². The second kappa shape index (κ2) is 5.45. The minimum absolute atomic E-state index is 0. The molecular weight excluding hydrogens is 253 g/mol. The van der Waals surface area contributed by atoms with Gasteiger partial charge in [-0.3, -0.25) is 9.98 Å². The van der Waals surface area contributed by atoms with Crippen molar-refractivity contribution in [3.63, 3.8) is 0 Å². The standard InChI is InChI=1S/C13H11N3S.Na/c1-16-11(4-5-12(16)17)13-9(6-8-15-13)10-3-2-7-14-10;/h2-8,17H,1H3;. The van der Waals surface area contributed by atoms with Crippen molar-refractivity contribution >= 4 is 54.1 Å². The van der Waals surface area contributed by atoms with Crippen LogP contribution in [0.1, 0.15) is 5.69 Å². The van der Waals surface area contributed by atoms with Crippen LogP contribution >= 0.6 is 12.6 Å². The van der Waals surface area contributed by atoms with Gasteiger partial charge in [-0.25, -0.2) is 0 Å². The Labute approximate surface area is 133 Å². The van der Waals surface area contributed by atoms with Crippen LogP contribution in [-0.4, -0.2) is 46.1 Å². The van der Waals surface area contributed by atoms with Gasteiger partial charge in [0.25, 0.3) is 0 Å². The fraction of sp³-hybridized carbons (Fsp3) is 0.0769.